The standard InChI is InChI=1S/C6H7F3N4O/c1-3(6(7,8)9)12-13-5-10-2-4(14)11-5/h2H2,1H3,(H2,10,11,13,14)/b12-3-. The number of amides is 1. The van der Waals surface area contributed by atoms with Crippen molar-refractivity contribution in [2.24, 2.45) is 10.2 Å². The van der Waals surface area contributed by atoms with E-state index in [-0.39, 0.29) is 18.4 Å². The van der Waals surface area contributed by atoms with E-state index < -0.39 is 11.9 Å². The molecule has 1 fully saturated rings. The van der Waals surface area contributed by atoms with Crippen molar-refractivity contribution in [1.82, 2.24) is 10.6 Å². The molecule has 0 aromatic carbocycles. The topological polar surface area (TPSA) is 65.8 Å². The van der Waals surface area contributed by atoms with Crippen molar-refractivity contribution in [3.05, 3.63) is 0 Å². The second-order valence-electron chi connectivity index (χ2n) is 2.53. The van der Waals surface area contributed by atoms with Gasteiger partial charge in [0.05, 0.1) is 6.54 Å². The number of carbonyl (C=O) groups excluding carboxylic acids is 1. The summed E-state index contributed by atoms with van der Waals surface area (Å²) in [6, 6.07) is 0. The van der Waals surface area contributed by atoms with Gasteiger partial charge in [0, 0.05) is 0 Å². The zero-order valence-electron chi connectivity index (χ0n) is 7.14. The largest absolute Gasteiger partial charge is 0.431 e. The van der Waals surface area contributed by atoms with Gasteiger partial charge in [-0.3, -0.25) is 10.1 Å². The number of carbonyl (C=O) groups is 1. The lowest BCUT2D eigenvalue weighted by Crippen LogP contribution is -2.25. The lowest BCUT2D eigenvalue weighted by Gasteiger charge is -2.02. The summed E-state index contributed by atoms with van der Waals surface area (Å²) in [6.07, 6.45) is -4.49. The minimum atomic E-state index is -4.49. The van der Waals surface area contributed by atoms with Gasteiger partial charge in [-0.1, -0.05) is 0 Å². The average molecular weight is 208 g/mol. The van der Waals surface area contributed by atoms with Crippen LogP contribution in [0, 0.1) is 0 Å². The van der Waals surface area contributed by atoms with Gasteiger partial charge in [0.1, 0.15) is 5.71 Å². The Morgan fingerprint density at radius 1 is 1.50 bits per heavy atom. The van der Waals surface area contributed by atoms with E-state index in [1.807, 2.05) is 0 Å². The molecule has 1 saturated heterocycles. The Balaban J connectivity index is 2.66. The van der Waals surface area contributed by atoms with E-state index in [1.165, 1.54) is 0 Å². The van der Waals surface area contributed by atoms with E-state index in [0.29, 0.717) is 0 Å². The van der Waals surface area contributed by atoms with Gasteiger partial charge in [0.2, 0.25) is 11.9 Å². The third-order valence-corrected chi connectivity index (χ3v) is 1.38. The summed E-state index contributed by atoms with van der Waals surface area (Å²) in [5.74, 6) is -0.429. The third kappa shape index (κ3) is 2.71. The molecule has 0 bridgehead atoms. The molecule has 78 valence electrons. The Morgan fingerprint density at radius 2 is 2.14 bits per heavy atom. The van der Waals surface area contributed by atoms with E-state index in [9.17, 15) is 18.0 Å². The normalized spacial score (nSPS) is 21.0. The molecule has 0 saturated carbocycles. The van der Waals surface area contributed by atoms with Crippen LogP contribution in [0.4, 0.5) is 13.2 Å². The number of nitrogens with zero attached hydrogens (tertiary/aromatic N) is 2. The molecule has 1 heterocycles. The van der Waals surface area contributed by atoms with Crippen LogP contribution < -0.4 is 10.6 Å². The molecule has 0 spiro atoms. The number of hydrogen-bond acceptors (Lipinski definition) is 3. The fraction of sp³-hybridized carbons (Fsp3) is 0.500. The van der Waals surface area contributed by atoms with Gasteiger partial charge in [-0.05, 0) is 6.92 Å². The number of alkyl halides is 3. The molecule has 5 nitrogen and oxygen atoms in total. The molecule has 0 aromatic rings. The Bertz CT molecular complexity index is 307. The van der Waals surface area contributed by atoms with Crippen molar-refractivity contribution in [3.8, 4) is 0 Å². The molecule has 1 aliphatic heterocycles. The molecule has 0 radical (unpaired) electrons. The lowest BCUT2D eigenvalue weighted by molar-refractivity contribution is -0.117. The minimum absolute atomic E-state index is 0.000577. The smallest absolute Gasteiger partial charge is 0.345 e. The third-order valence-electron chi connectivity index (χ3n) is 1.38. The van der Waals surface area contributed by atoms with Crippen molar-refractivity contribution in [1.29, 1.82) is 0 Å². The van der Waals surface area contributed by atoms with Crippen LogP contribution in [0.2, 0.25) is 0 Å². The summed E-state index contributed by atoms with van der Waals surface area (Å²) in [5.41, 5.74) is -1.08. The maximum absolute atomic E-state index is 11.9. The van der Waals surface area contributed by atoms with Crippen LogP contribution in [0.5, 0.6) is 0 Å². The summed E-state index contributed by atoms with van der Waals surface area (Å²) in [5, 5.41) is 10.7. The summed E-state index contributed by atoms with van der Waals surface area (Å²) in [6.45, 7) is 0.792. The van der Waals surface area contributed by atoms with Crippen molar-refractivity contribution >= 4 is 17.6 Å². The van der Waals surface area contributed by atoms with Crippen LogP contribution in [0.3, 0.4) is 0 Å². The number of halogens is 3. The minimum Gasteiger partial charge on any atom is -0.345 e. The van der Waals surface area contributed by atoms with Crippen LogP contribution in [0.25, 0.3) is 0 Å². The van der Waals surface area contributed by atoms with Gasteiger partial charge in [-0.2, -0.15) is 13.2 Å². The Hall–Kier alpha value is -1.60. The Kier molecular flexibility index (Phi) is 2.73. The highest BCUT2D eigenvalue weighted by atomic mass is 19.4. The SMILES string of the molecule is C/C(=N/N=C1/NCC(=O)N1)C(F)(F)F. The highest BCUT2D eigenvalue weighted by Gasteiger charge is 2.32. The van der Waals surface area contributed by atoms with E-state index in [2.05, 4.69) is 20.8 Å². The monoisotopic (exact) mass is 208 g/mol. The highest BCUT2D eigenvalue weighted by Crippen LogP contribution is 2.16. The zero-order chi connectivity index (χ0) is 10.8. The molecule has 0 aliphatic carbocycles. The Morgan fingerprint density at radius 3 is 2.57 bits per heavy atom. The van der Waals surface area contributed by atoms with Gasteiger partial charge in [0.25, 0.3) is 0 Å². The molecule has 0 unspecified atom stereocenters. The first-order chi connectivity index (χ1) is 6.39. The molecule has 2 N–H and O–H groups in total. The molecule has 8 heteroatoms. The molecule has 0 atom stereocenters. The predicted molar refractivity (Wildman–Crippen MR) is 42.7 cm³/mol. The fourth-order valence-corrected chi connectivity index (χ4v) is 0.626. The van der Waals surface area contributed by atoms with Crippen LogP contribution in [0.15, 0.2) is 10.2 Å². The summed E-state index contributed by atoms with van der Waals surface area (Å²) in [7, 11) is 0. The maximum Gasteiger partial charge on any atom is 0.431 e. The van der Waals surface area contributed by atoms with E-state index in [4.69, 9.17) is 0 Å². The van der Waals surface area contributed by atoms with Crippen molar-refractivity contribution in [2.75, 3.05) is 6.54 Å². The first kappa shape index (κ1) is 10.5. The molecule has 1 aliphatic rings. The summed E-state index contributed by atoms with van der Waals surface area (Å²) < 4.78 is 35.7. The van der Waals surface area contributed by atoms with Crippen LogP contribution in [0.1, 0.15) is 6.92 Å². The number of guanidine groups is 1. The average Bonchev–Trinajstić information content (AvgIpc) is 2.45. The van der Waals surface area contributed by atoms with Crippen molar-refractivity contribution in [3.63, 3.8) is 0 Å². The van der Waals surface area contributed by atoms with Crippen molar-refractivity contribution in [2.45, 2.75) is 13.1 Å². The first-order valence-electron chi connectivity index (χ1n) is 3.63. The van der Waals surface area contributed by atoms with E-state index >= 15 is 0 Å². The lowest BCUT2D eigenvalue weighted by atomic mass is 10.4. The molecule has 1 amide bonds. The molecule has 0 aromatic heterocycles. The molecule has 14 heavy (non-hydrogen) atoms. The number of hydrogen-bond donors (Lipinski definition) is 2. The Labute approximate surface area is 77.1 Å². The van der Waals surface area contributed by atoms with Crippen LogP contribution in [-0.2, 0) is 4.79 Å². The summed E-state index contributed by atoms with van der Waals surface area (Å²) >= 11 is 0. The second kappa shape index (κ2) is 3.64. The van der Waals surface area contributed by atoms with Crippen LogP contribution >= 0.6 is 0 Å². The zero-order valence-corrected chi connectivity index (χ0v) is 7.14. The molecular formula is C6H7F3N4O. The molecular weight excluding hydrogens is 201 g/mol. The molecule has 1 rings (SSSR count). The number of nitrogens with one attached hydrogen (secondary N) is 2. The number of rotatable bonds is 1. The van der Waals surface area contributed by atoms with Gasteiger partial charge < -0.3 is 5.32 Å². The summed E-state index contributed by atoms with van der Waals surface area (Å²) in [4.78, 5) is 10.6. The van der Waals surface area contributed by atoms with E-state index in [1.54, 1.807) is 0 Å². The highest BCUT2D eigenvalue weighted by molar-refractivity contribution is 6.04. The van der Waals surface area contributed by atoms with Crippen molar-refractivity contribution < 1.29 is 18.0 Å². The fourth-order valence-electron chi connectivity index (χ4n) is 0.626. The van der Waals surface area contributed by atoms with Crippen LogP contribution in [-0.4, -0.2) is 30.3 Å². The maximum atomic E-state index is 11.9. The quantitative estimate of drug-likeness (QED) is 0.470. The van der Waals surface area contributed by atoms with Gasteiger partial charge in [-0.15, -0.1) is 10.2 Å². The van der Waals surface area contributed by atoms with Gasteiger partial charge in [0.15, 0.2) is 0 Å². The second-order valence-corrected chi connectivity index (χ2v) is 2.53. The first-order valence-corrected chi connectivity index (χ1v) is 3.63. The van der Waals surface area contributed by atoms with E-state index in [0.717, 1.165) is 6.92 Å². The van der Waals surface area contributed by atoms with Gasteiger partial charge in [-0.25, -0.2) is 0 Å². The van der Waals surface area contributed by atoms with Gasteiger partial charge >= 0.3 is 6.18 Å². The predicted octanol–water partition coefficient (Wildman–Crippen LogP) is -0.000000000000000111.